The Morgan fingerprint density at radius 3 is 2.27 bits per heavy atom. The molecule has 0 bridgehead atoms. The maximum Gasteiger partial charge on any atom is 0.328 e. The average molecular weight is 412 g/mol. The van der Waals surface area contributed by atoms with E-state index in [1.54, 1.807) is 25.3 Å². The predicted molar refractivity (Wildman–Crippen MR) is 110 cm³/mol. The minimum Gasteiger partial charge on any atom is -0.497 e. The molecule has 0 radical (unpaired) electrons. The molecule has 0 aromatic heterocycles. The summed E-state index contributed by atoms with van der Waals surface area (Å²) >= 11 is 0. The van der Waals surface area contributed by atoms with E-state index in [0.717, 1.165) is 18.5 Å². The zero-order chi connectivity index (χ0) is 22.4. The molecule has 2 aromatic rings. The Morgan fingerprint density at radius 1 is 1.13 bits per heavy atom. The second-order valence-corrected chi connectivity index (χ2v) is 5.89. The molecule has 0 amide bonds. The third-order valence-corrected chi connectivity index (χ3v) is 3.77. The number of nitriles is 1. The molecule has 2 aromatic carbocycles. The van der Waals surface area contributed by atoms with Gasteiger partial charge in [-0.2, -0.15) is 5.26 Å². The molecule has 0 saturated heterocycles. The summed E-state index contributed by atoms with van der Waals surface area (Å²) in [7, 11) is 3.51. The van der Waals surface area contributed by atoms with E-state index in [-0.39, 0.29) is 6.10 Å². The minimum atomic E-state index is -1.26. The number of carboxylic acid groups (broad SMARTS) is 2. The lowest BCUT2D eigenvalue weighted by Crippen LogP contribution is -2.16. The van der Waals surface area contributed by atoms with Gasteiger partial charge in [0.25, 0.3) is 0 Å². The van der Waals surface area contributed by atoms with E-state index >= 15 is 0 Å². The number of carboxylic acids is 2. The van der Waals surface area contributed by atoms with E-state index in [0.29, 0.717) is 29.2 Å². The molecular formula is C22H24N2O6. The van der Waals surface area contributed by atoms with Gasteiger partial charge < -0.3 is 25.0 Å². The molecule has 0 fully saturated rings. The van der Waals surface area contributed by atoms with E-state index in [2.05, 4.69) is 11.4 Å². The van der Waals surface area contributed by atoms with Gasteiger partial charge >= 0.3 is 11.9 Å². The van der Waals surface area contributed by atoms with Crippen LogP contribution < -0.4 is 14.8 Å². The second-order valence-electron chi connectivity index (χ2n) is 5.89. The fourth-order valence-corrected chi connectivity index (χ4v) is 2.35. The maximum atomic E-state index is 9.55. The van der Waals surface area contributed by atoms with E-state index < -0.39 is 11.9 Å². The van der Waals surface area contributed by atoms with Crippen LogP contribution in [0, 0.1) is 11.3 Å². The topological polar surface area (TPSA) is 129 Å². The summed E-state index contributed by atoms with van der Waals surface area (Å²) in [5, 5.41) is 28.0. The van der Waals surface area contributed by atoms with Crippen LogP contribution in [0.25, 0.3) is 0 Å². The highest BCUT2D eigenvalue weighted by Crippen LogP contribution is 2.30. The van der Waals surface area contributed by atoms with Crippen LogP contribution in [-0.2, 0) is 9.59 Å². The number of rotatable bonds is 9. The van der Waals surface area contributed by atoms with Gasteiger partial charge in [-0.3, -0.25) is 0 Å². The minimum absolute atomic E-state index is 0.118. The molecule has 158 valence electrons. The zero-order valence-corrected chi connectivity index (χ0v) is 16.7. The van der Waals surface area contributed by atoms with Gasteiger partial charge in [0, 0.05) is 24.6 Å². The van der Waals surface area contributed by atoms with Crippen LogP contribution in [0.5, 0.6) is 11.5 Å². The van der Waals surface area contributed by atoms with Crippen LogP contribution in [0.1, 0.15) is 23.7 Å². The first-order valence-corrected chi connectivity index (χ1v) is 8.99. The number of aliphatic carboxylic acids is 2. The van der Waals surface area contributed by atoms with Gasteiger partial charge in [0.15, 0.2) is 0 Å². The largest absolute Gasteiger partial charge is 0.497 e. The number of methoxy groups -OCH3 is 1. The van der Waals surface area contributed by atoms with Gasteiger partial charge in [0.05, 0.1) is 12.7 Å². The summed E-state index contributed by atoms with van der Waals surface area (Å²) in [5.74, 6) is -1.29. The number of ether oxygens (including phenoxy) is 2. The van der Waals surface area contributed by atoms with Crippen molar-refractivity contribution in [2.75, 3.05) is 20.7 Å². The quantitative estimate of drug-likeness (QED) is 0.536. The molecule has 0 spiro atoms. The molecule has 0 saturated carbocycles. The van der Waals surface area contributed by atoms with Gasteiger partial charge in [-0.05, 0) is 31.3 Å². The van der Waals surface area contributed by atoms with Crippen molar-refractivity contribution in [3.8, 4) is 17.6 Å². The van der Waals surface area contributed by atoms with Crippen molar-refractivity contribution in [3.63, 3.8) is 0 Å². The summed E-state index contributed by atoms with van der Waals surface area (Å²) in [6.45, 7) is 0.825. The molecule has 8 heteroatoms. The van der Waals surface area contributed by atoms with Gasteiger partial charge in [0.1, 0.15) is 23.7 Å². The zero-order valence-electron chi connectivity index (χ0n) is 16.7. The molecule has 30 heavy (non-hydrogen) atoms. The van der Waals surface area contributed by atoms with E-state index in [9.17, 15) is 14.9 Å². The SMILES string of the molecule is CNCC[C@@H](Oc1cc(OC)ccc1C#N)c1ccccc1.O=C(O)C=CC(=O)O. The summed E-state index contributed by atoms with van der Waals surface area (Å²) in [5.41, 5.74) is 1.59. The fraction of sp³-hybridized carbons (Fsp3) is 0.227. The molecule has 0 aliphatic rings. The number of hydrogen-bond donors (Lipinski definition) is 3. The van der Waals surface area contributed by atoms with Gasteiger partial charge in [-0.15, -0.1) is 0 Å². The van der Waals surface area contributed by atoms with Crippen molar-refractivity contribution >= 4 is 11.9 Å². The Bertz CT molecular complexity index is 874. The van der Waals surface area contributed by atoms with Crippen LogP contribution in [0.15, 0.2) is 60.7 Å². The Hall–Kier alpha value is -3.83. The molecule has 0 aliphatic heterocycles. The van der Waals surface area contributed by atoms with Crippen molar-refractivity contribution in [2.24, 2.45) is 0 Å². The molecule has 3 N–H and O–H groups in total. The first kappa shape index (κ1) is 24.2. The van der Waals surface area contributed by atoms with Crippen LogP contribution >= 0.6 is 0 Å². The maximum absolute atomic E-state index is 9.55. The number of carbonyl (C=O) groups is 2. The highest BCUT2D eigenvalue weighted by molar-refractivity contribution is 5.89. The molecule has 0 unspecified atom stereocenters. The Balaban J connectivity index is 0.000000479. The van der Waals surface area contributed by atoms with Crippen LogP contribution in [-0.4, -0.2) is 42.9 Å². The van der Waals surface area contributed by atoms with Crippen molar-refractivity contribution < 1.29 is 29.3 Å². The molecule has 2 rings (SSSR count). The van der Waals surface area contributed by atoms with Crippen LogP contribution in [0.3, 0.4) is 0 Å². The molecule has 0 heterocycles. The van der Waals surface area contributed by atoms with Gasteiger partial charge in [-0.25, -0.2) is 9.59 Å². The van der Waals surface area contributed by atoms with Crippen molar-refractivity contribution in [2.45, 2.75) is 12.5 Å². The Labute approximate surface area is 175 Å². The third-order valence-electron chi connectivity index (χ3n) is 3.77. The standard InChI is InChI=1S/C18H20N2O2.C4H4O4/c1-20-11-10-17(14-6-4-3-5-7-14)22-18-12-16(21-2)9-8-15(18)13-19;5-3(6)1-2-4(7)8/h3-9,12,17,20H,10-11H2,1-2H3;1-2H,(H,5,6)(H,7,8)/t17-;/m1./s1. The lowest BCUT2D eigenvalue weighted by molar-refractivity contribution is -0.134. The lowest BCUT2D eigenvalue weighted by atomic mass is 10.1. The summed E-state index contributed by atoms with van der Waals surface area (Å²) in [6.07, 6.45) is 1.81. The summed E-state index contributed by atoms with van der Waals surface area (Å²) in [4.78, 5) is 19.1. The molecule has 8 nitrogen and oxygen atoms in total. The number of nitrogens with one attached hydrogen (secondary N) is 1. The average Bonchev–Trinajstić information content (AvgIpc) is 2.76. The summed E-state index contributed by atoms with van der Waals surface area (Å²) < 4.78 is 11.3. The number of hydrogen-bond acceptors (Lipinski definition) is 6. The second kappa shape index (κ2) is 13.4. The fourth-order valence-electron chi connectivity index (χ4n) is 2.35. The van der Waals surface area contributed by atoms with Crippen molar-refractivity contribution in [1.82, 2.24) is 5.32 Å². The van der Waals surface area contributed by atoms with Crippen LogP contribution in [0.4, 0.5) is 0 Å². The number of benzene rings is 2. The van der Waals surface area contributed by atoms with Crippen LogP contribution in [0.2, 0.25) is 0 Å². The normalized spacial score (nSPS) is 11.0. The Kier molecular flexibility index (Phi) is 10.8. The first-order valence-electron chi connectivity index (χ1n) is 8.99. The summed E-state index contributed by atoms with van der Waals surface area (Å²) in [6, 6.07) is 17.4. The third kappa shape index (κ3) is 8.91. The number of nitrogens with zero attached hydrogens (tertiary/aromatic N) is 1. The first-order chi connectivity index (χ1) is 14.4. The van der Waals surface area contributed by atoms with Crippen molar-refractivity contribution in [1.29, 1.82) is 5.26 Å². The van der Waals surface area contributed by atoms with E-state index in [1.807, 2.05) is 37.4 Å². The lowest BCUT2D eigenvalue weighted by Gasteiger charge is -2.20. The smallest absolute Gasteiger partial charge is 0.328 e. The highest BCUT2D eigenvalue weighted by atomic mass is 16.5. The van der Waals surface area contributed by atoms with Gasteiger partial charge in [0.2, 0.25) is 0 Å². The highest BCUT2D eigenvalue weighted by Gasteiger charge is 2.15. The Morgan fingerprint density at radius 2 is 1.77 bits per heavy atom. The van der Waals surface area contributed by atoms with Gasteiger partial charge in [-0.1, -0.05) is 30.3 Å². The van der Waals surface area contributed by atoms with E-state index in [1.165, 1.54) is 0 Å². The monoisotopic (exact) mass is 412 g/mol. The molecule has 1 atom stereocenters. The van der Waals surface area contributed by atoms with E-state index in [4.69, 9.17) is 19.7 Å². The molecule has 0 aliphatic carbocycles. The predicted octanol–water partition coefficient (Wildman–Crippen LogP) is 3.01. The van der Waals surface area contributed by atoms with Crippen molar-refractivity contribution in [3.05, 3.63) is 71.8 Å². The molecular weight excluding hydrogens is 388 g/mol.